The van der Waals surface area contributed by atoms with Crippen molar-refractivity contribution in [2.24, 2.45) is 5.92 Å². The summed E-state index contributed by atoms with van der Waals surface area (Å²) in [7, 11) is 0. The molecule has 0 saturated carbocycles. The molecule has 88 valence electrons. The van der Waals surface area contributed by atoms with E-state index in [4.69, 9.17) is 16.9 Å². The van der Waals surface area contributed by atoms with Crippen LogP contribution < -0.4 is 5.32 Å². The molecular formula is C11H16ClN3O. The van der Waals surface area contributed by atoms with Crippen molar-refractivity contribution in [2.75, 3.05) is 19.6 Å². The van der Waals surface area contributed by atoms with E-state index in [1.165, 1.54) is 0 Å². The van der Waals surface area contributed by atoms with Crippen LogP contribution in [0.3, 0.4) is 0 Å². The Balaban J connectivity index is 1.86. The van der Waals surface area contributed by atoms with Crippen molar-refractivity contribution in [3.63, 3.8) is 0 Å². The lowest BCUT2D eigenvalue weighted by molar-refractivity contribution is -0.125. The van der Waals surface area contributed by atoms with Crippen LogP contribution in [0.5, 0.6) is 0 Å². The first-order chi connectivity index (χ1) is 7.69. The van der Waals surface area contributed by atoms with Crippen LogP contribution in [0.1, 0.15) is 19.3 Å². The average molecular weight is 242 g/mol. The molecule has 1 amide bonds. The van der Waals surface area contributed by atoms with E-state index in [1.807, 2.05) is 6.07 Å². The molecule has 0 aromatic rings. The third kappa shape index (κ3) is 2.66. The van der Waals surface area contributed by atoms with Gasteiger partial charge in [-0.2, -0.15) is 5.26 Å². The number of hydrogen-bond donors (Lipinski definition) is 1. The van der Waals surface area contributed by atoms with Crippen LogP contribution in [0.4, 0.5) is 0 Å². The number of carbonyl (C=O) groups excluding carboxylic acids is 1. The second-order valence-electron chi connectivity index (χ2n) is 4.62. The zero-order chi connectivity index (χ0) is 11.5. The number of nitrogens with one attached hydrogen (secondary N) is 1. The summed E-state index contributed by atoms with van der Waals surface area (Å²) in [6, 6.07) is 2.39. The molecule has 0 bridgehead atoms. The lowest BCUT2D eigenvalue weighted by Crippen LogP contribution is -2.54. The Kier molecular flexibility index (Phi) is 3.67. The van der Waals surface area contributed by atoms with Crippen LogP contribution in [0, 0.1) is 17.2 Å². The van der Waals surface area contributed by atoms with Crippen LogP contribution in [0.15, 0.2) is 0 Å². The van der Waals surface area contributed by atoms with Gasteiger partial charge in [0.2, 0.25) is 5.91 Å². The summed E-state index contributed by atoms with van der Waals surface area (Å²) in [5, 5.41) is 11.3. The molecule has 4 nitrogen and oxygen atoms in total. The summed E-state index contributed by atoms with van der Waals surface area (Å²) in [4.78, 5) is 13.5. The molecule has 0 radical (unpaired) electrons. The van der Waals surface area contributed by atoms with Gasteiger partial charge in [0.05, 0.1) is 6.07 Å². The number of halogens is 1. The van der Waals surface area contributed by atoms with E-state index < -0.39 is 5.38 Å². The van der Waals surface area contributed by atoms with Crippen molar-refractivity contribution in [3.05, 3.63) is 0 Å². The Bertz CT molecular complexity index is 315. The van der Waals surface area contributed by atoms with E-state index in [0.717, 1.165) is 25.9 Å². The highest BCUT2D eigenvalue weighted by Gasteiger charge is 2.33. The molecule has 2 aliphatic heterocycles. The number of fused-ring (bicyclic) bond motifs is 1. The Morgan fingerprint density at radius 3 is 3.19 bits per heavy atom. The zero-order valence-electron chi connectivity index (χ0n) is 9.16. The minimum Gasteiger partial charge on any atom is -0.353 e. The third-order valence-corrected chi connectivity index (χ3v) is 3.70. The molecule has 2 saturated heterocycles. The highest BCUT2D eigenvalue weighted by atomic mass is 35.5. The predicted octanol–water partition coefficient (Wildman–Crippen LogP) is 0.718. The maximum absolute atomic E-state index is 11.2. The van der Waals surface area contributed by atoms with Gasteiger partial charge in [-0.1, -0.05) is 0 Å². The summed E-state index contributed by atoms with van der Waals surface area (Å²) in [5.74, 6) is 0.718. The molecule has 2 fully saturated rings. The first-order valence-corrected chi connectivity index (χ1v) is 6.18. The number of alkyl halides is 1. The summed E-state index contributed by atoms with van der Waals surface area (Å²) in [6.07, 6.45) is 2.58. The standard InChI is InChI=1S/C11H16ClN3O/c12-9(5-13)7-15-4-3-10-8(6-15)1-2-11(16)14-10/h8-10H,1-4,6-7H2,(H,14,16). The number of amides is 1. The predicted molar refractivity (Wildman–Crippen MR) is 61.0 cm³/mol. The van der Waals surface area contributed by atoms with Gasteiger partial charge in [-0.3, -0.25) is 4.79 Å². The van der Waals surface area contributed by atoms with Crippen LogP contribution in [0.2, 0.25) is 0 Å². The molecular weight excluding hydrogens is 226 g/mol. The Morgan fingerprint density at radius 2 is 2.44 bits per heavy atom. The molecule has 0 aromatic carbocycles. The number of likely N-dealkylation sites (tertiary alicyclic amines) is 1. The average Bonchev–Trinajstić information content (AvgIpc) is 2.29. The number of nitriles is 1. The van der Waals surface area contributed by atoms with Crippen molar-refractivity contribution >= 4 is 17.5 Å². The smallest absolute Gasteiger partial charge is 0.220 e. The fourth-order valence-corrected chi connectivity index (χ4v) is 2.81. The van der Waals surface area contributed by atoms with E-state index in [2.05, 4.69) is 10.2 Å². The highest BCUT2D eigenvalue weighted by Crippen LogP contribution is 2.25. The van der Waals surface area contributed by atoms with Crippen LogP contribution in [-0.4, -0.2) is 41.9 Å². The molecule has 3 atom stereocenters. The molecule has 0 spiro atoms. The fraction of sp³-hybridized carbons (Fsp3) is 0.818. The lowest BCUT2D eigenvalue weighted by atomic mass is 9.85. The summed E-state index contributed by atoms with van der Waals surface area (Å²) in [5.41, 5.74) is 0. The fourth-order valence-electron chi connectivity index (χ4n) is 2.62. The second kappa shape index (κ2) is 5.03. The molecule has 5 heteroatoms. The van der Waals surface area contributed by atoms with Crippen molar-refractivity contribution in [1.82, 2.24) is 10.2 Å². The van der Waals surface area contributed by atoms with Gasteiger partial charge in [0.15, 0.2) is 0 Å². The largest absolute Gasteiger partial charge is 0.353 e. The second-order valence-corrected chi connectivity index (χ2v) is 5.14. The Morgan fingerprint density at radius 1 is 1.62 bits per heavy atom. The zero-order valence-corrected chi connectivity index (χ0v) is 9.91. The summed E-state index contributed by atoms with van der Waals surface area (Å²) < 4.78 is 0. The minimum absolute atomic E-state index is 0.182. The number of carbonyl (C=O) groups is 1. The van der Waals surface area contributed by atoms with Crippen molar-refractivity contribution in [3.8, 4) is 6.07 Å². The van der Waals surface area contributed by atoms with Gasteiger partial charge in [0.25, 0.3) is 0 Å². The van der Waals surface area contributed by atoms with E-state index in [9.17, 15) is 4.79 Å². The SMILES string of the molecule is N#CC(Cl)CN1CCC2NC(=O)CCC2C1. The highest BCUT2D eigenvalue weighted by molar-refractivity contribution is 6.22. The summed E-state index contributed by atoms with van der Waals surface area (Å²) >= 11 is 5.82. The van der Waals surface area contributed by atoms with Crippen molar-refractivity contribution in [1.29, 1.82) is 5.26 Å². The molecule has 2 rings (SSSR count). The quantitative estimate of drug-likeness (QED) is 0.725. The molecule has 16 heavy (non-hydrogen) atoms. The van der Waals surface area contributed by atoms with Gasteiger partial charge in [-0.15, -0.1) is 11.6 Å². The van der Waals surface area contributed by atoms with Gasteiger partial charge < -0.3 is 10.2 Å². The van der Waals surface area contributed by atoms with Crippen LogP contribution in [-0.2, 0) is 4.79 Å². The van der Waals surface area contributed by atoms with Gasteiger partial charge in [0, 0.05) is 32.1 Å². The maximum atomic E-state index is 11.2. The van der Waals surface area contributed by atoms with Gasteiger partial charge in [-0.05, 0) is 18.8 Å². The monoisotopic (exact) mass is 241 g/mol. The normalized spacial score (nSPS) is 32.4. The first-order valence-electron chi connectivity index (χ1n) is 5.74. The number of piperidine rings is 2. The van der Waals surface area contributed by atoms with E-state index in [1.54, 1.807) is 0 Å². The van der Waals surface area contributed by atoms with Crippen molar-refractivity contribution in [2.45, 2.75) is 30.7 Å². The third-order valence-electron chi connectivity index (χ3n) is 3.47. The minimum atomic E-state index is -0.422. The van der Waals surface area contributed by atoms with Gasteiger partial charge >= 0.3 is 0 Å². The first kappa shape index (κ1) is 11.7. The maximum Gasteiger partial charge on any atom is 0.220 e. The molecule has 2 aliphatic rings. The summed E-state index contributed by atoms with van der Waals surface area (Å²) in [6.45, 7) is 2.51. The molecule has 2 heterocycles. The van der Waals surface area contributed by atoms with E-state index >= 15 is 0 Å². The van der Waals surface area contributed by atoms with E-state index in [-0.39, 0.29) is 5.91 Å². The molecule has 1 N–H and O–H groups in total. The van der Waals surface area contributed by atoms with Gasteiger partial charge in [-0.25, -0.2) is 0 Å². The van der Waals surface area contributed by atoms with Crippen LogP contribution in [0.25, 0.3) is 0 Å². The lowest BCUT2D eigenvalue weighted by Gasteiger charge is -2.41. The van der Waals surface area contributed by atoms with E-state index in [0.29, 0.717) is 24.9 Å². The molecule has 0 aromatic heterocycles. The number of nitrogens with zero attached hydrogens (tertiary/aromatic N) is 2. The number of rotatable bonds is 2. The molecule has 3 unspecified atom stereocenters. The van der Waals surface area contributed by atoms with Crippen molar-refractivity contribution < 1.29 is 4.79 Å². The molecule has 0 aliphatic carbocycles. The topological polar surface area (TPSA) is 56.1 Å². The Labute approximate surface area is 101 Å². The Hall–Kier alpha value is -0.790. The van der Waals surface area contributed by atoms with Crippen LogP contribution >= 0.6 is 11.6 Å². The van der Waals surface area contributed by atoms with Gasteiger partial charge in [0.1, 0.15) is 5.38 Å². The number of hydrogen-bond acceptors (Lipinski definition) is 3.